The Morgan fingerprint density at radius 1 is 1.21 bits per heavy atom. The summed E-state index contributed by atoms with van der Waals surface area (Å²) in [6.07, 6.45) is 4.52. The third-order valence-corrected chi connectivity index (χ3v) is 3.47. The Kier molecular flexibility index (Phi) is 2.83. The quantitative estimate of drug-likeness (QED) is 0.771. The third kappa shape index (κ3) is 1.92. The number of imidazole rings is 2. The maximum absolute atomic E-state index is 5.59. The van der Waals surface area contributed by atoms with Gasteiger partial charge in [0.25, 0.3) is 0 Å². The molecule has 3 aromatic rings. The smallest absolute Gasteiger partial charge is 0.110 e. The van der Waals surface area contributed by atoms with Crippen LogP contribution in [0.25, 0.3) is 22.3 Å². The maximum atomic E-state index is 5.59. The number of hydrogen-bond acceptors (Lipinski definition) is 3. The van der Waals surface area contributed by atoms with Crippen molar-refractivity contribution in [2.24, 2.45) is 19.8 Å². The highest BCUT2D eigenvalue weighted by molar-refractivity contribution is 5.81. The van der Waals surface area contributed by atoms with Crippen LogP contribution >= 0.6 is 0 Å². The minimum Gasteiger partial charge on any atom is -0.334 e. The van der Waals surface area contributed by atoms with Crippen LogP contribution in [0, 0.1) is 0 Å². The fourth-order valence-corrected chi connectivity index (χ4v) is 2.37. The number of hydrogen-bond donors (Lipinski definition) is 1. The average Bonchev–Trinajstić information content (AvgIpc) is 2.95. The lowest BCUT2D eigenvalue weighted by Crippen LogP contribution is -2.08. The molecule has 3 rings (SSSR count). The van der Waals surface area contributed by atoms with Gasteiger partial charge in [-0.2, -0.15) is 0 Å². The molecule has 0 aliphatic rings. The number of fused-ring (bicyclic) bond motifs is 1. The van der Waals surface area contributed by atoms with E-state index in [1.165, 1.54) is 0 Å². The molecule has 0 amide bonds. The third-order valence-electron chi connectivity index (χ3n) is 3.47. The highest BCUT2D eigenvalue weighted by Crippen LogP contribution is 2.24. The second-order valence-electron chi connectivity index (χ2n) is 4.72. The first-order chi connectivity index (χ1) is 9.20. The molecule has 1 aromatic carbocycles. The van der Waals surface area contributed by atoms with E-state index in [1.807, 2.05) is 31.2 Å². The van der Waals surface area contributed by atoms with Crippen LogP contribution in [0.15, 0.2) is 30.7 Å². The van der Waals surface area contributed by atoms with Crippen LogP contribution in [0.5, 0.6) is 0 Å². The van der Waals surface area contributed by atoms with Crippen molar-refractivity contribution in [2.75, 3.05) is 6.54 Å². The molecule has 0 radical (unpaired) electrons. The first-order valence-corrected chi connectivity index (χ1v) is 6.33. The average molecular weight is 255 g/mol. The van der Waals surface area contributed by atoms with Gasteiger partial charge in [-0.1, -0.05) is 6.07 Å². The minimum absolute atomic E-state index is 0.615. The number of nitrogens with zero attached hydrogens (tertiary/aromatic N) is 4. The van der Waals surface area contributed by atoms with E-state index in [-0.39, 0.29) is 0 Å². The van der Waals surface area contributed by atoms with Crippen LogP contribution in [0.3, 0.4) is 0 Å². The fraction of sp³-hybridized carbons (Fsp3) is 0.286. The van der Waals surface area contributed by atoms with E-state index in [9.17, 15) is 0 Å². The number of aromatic nitrogens is 4. The second-order valence-corrected chi connectivity index (χ2v) is 4.72. The topological polar surface area (TPSA) is 61.7 Å². The summed E-state index contributed by atoms with van der Waals surface area (Å²) in [5, 5.41) is 0. The SMILES string of the molecule is Cn1c(-c2ccc3c(c2)ncn3C)cnc1CCN. The Morgan fingerprint density at radius 3 is 2.84 bits per heavy atom. The zero-order valence-corrected chi connectivity index (χ0v) is 11.2. The number of rotatable bonds is 3. The van der Waals surface area contributed by atoms with Gasteiger partial charge in [-0.25, -0.2) is 9.97 Å². The molecule has 98 valence electrons. The van der Waals surface area contributed by atoms with Crippen LogP contribution in [-0.4, -0.2) is 25.6 Å². The van der Waals surface area contributed by atoms with Crippen molar-refractivity contribution < 1.29 is 0 Å². The summed E-state index contributed by atoms with van der Waals surface area (Å²) in [6.45, 7) is 0.615. The number of nitrogens with two attached hydrogens (primary N) is 1. The van der Waals surface area contributed by atoms with Gasteiger partial charge in [0.2, 0.25) is 0 Å². The van der Waals surface area contributed by atoms with Crippen LogP contribution < -0.4 is 5.73 Å². The molecular weight excluding hydrogens is 238 g/mol. The van der Waals surface area contributed by atoms with Gasteiger partial charge in [-0.05, 0) is 18.7 Å². The molecule has 5 nitrogen and oxygen atoms in total. The van der Waals surface area contributed by atoms with Gasteiger partial charge in [0.1, 0.15) is 5.82 Å². The van der Waals surface area contributed by atoms with Gasteiger partial charge in [-0.3, -0.25) is 0 Å². The molecule has 0 aliphatic carbocycles. The fourth-order valence-electron chi connectivity index (χ4n) is 2.37. The second kappa shape index (κ2) is 4.51. The van der Waals surface area contributed by atoms with Crippen molar-refractivity contribution in [2.45, 2.75) is 6.42 Å². The monoisotopic (exact) mass is 255 g/mol. The van der Waals surface area contributed by atoms with Crippen molar-refractivity contribution in [1.29, 1.82) is 0 Å². The predicted octanol–water partition coefficient (Wildman–Crippen LogP) is 1.48. The van der Waals surface area contributed by atoms with Gasteiger partial charge >= 0.3 is 0 Å². The summed E-state index contributed by atoms with van der Waals surface area (Å²) >= 11 is 0. The summed E-state index contributed by atoms with van der Waals surface area (Å²) in [6, 6.07) is 6.29. The lowest BCUT2D eigenvalue weighted by atomic mass is 10.1. The van der Waals surface area contributed by atoms with E-state index in [0.29, 0.717) is 6.54 Å². The largest absolute Gasteiger partial charge is 0.334 e. The molecule has 0 aliphatic heterocycles. The summed E-state index contributed by atoms with van der Waals surface area (Å²) in [7, 11) is 4.02. The molecule has 0 saturated carbocycles. The van der Waals surface area contributed by atoms with Crippen LogP contribution in [-0.2, 0) is 20.5 Å². The molecule has 5 heteroatoms. The van der Waals surface area contributed by atoms with Gasteiger partial charge in [0, 0.05) is 26.1 Å². The summed E-state index contributed by atoms with van der Waals surface area (Å²) < 4.78 is 4.11. The number of benzene rings is 1. The van der Waals surface area contributed by atoms with Crippen LogP contribution in [0.1, 0.15) is 5.82 Å². The molecule has 2 heterocycles. The minimum atomic E-state index is 0.615. The Hall–Kier alpha value is -2.14. The van der Waals surface area contributed by atoms with Gasteiger partial charge in [0.05, 0.1) is 29.3 Å². The van der Waals surface area contributed by atoms with Crippen molar-refractivity contribution in [3.8, 4) is 11.3 Å². The lowest BCUT2D eigenvalue weighted by molar-refractivity contribution is 0.782. The van der Waals surface area contributed by atoms with E-state index < -0.39 is 0 Å². The van der Waals surface area contributed by atoms with Crippen molar-refractivity contribution in [1.82, 2.24) is 19.1 Å². The van der Waals surface area contributed by atoms with Crippen molar-refractivity contribution in [3.63, 3.8) is 0 Å². The first kappa shape index (κ1) is 11.9. The predicted molar refractivity (Wildman–Crippen MR) is 75.7 cm³/mol. The Balaban J connectivity index is 2.08. The van der Waals surface area contributed by atoms with E-state index in [0.717, 1.165) is 34.5 Å². The molecule has 0 bridgehead atoms. The van der Waals surface area contributed by atoms with Gasteiger partial charge in [0.15, 0.2) is 0 Å². The Morgan fingerprint density at radius 2 is 2.05 bits per heavy atom. The lowest BCUT2D eigenvalue weighted by Gasteiger charge is -2.05. The van der Waals surface area contributed by atoms with E-state index in [2.05, 4.69) is 32.7 Å². The number of aryl methyl sites for hydroxylation is 1. The van der Waals surface area contributed by atoms with E-state index >= 15 is 0 Å². The van der Waals surface area contributed by atoms with Gasteiger partial charge in [-0.15, -0.1) is 0 Å². The molecule has 0 fully saturated rings. The summed E-state index contributed by atoms with van der Waals surface area (Å²) in [5.41, 5.74) is 9.95. The molecule has 0 atom stereocenters. The molecule has 0 spiro atoms. The molecule has 2 aromatic heterocycles. The molecule has 19 heavy (non-hydrogen) atoms. The maximum Gasteiger partial charge on any atom is 0.110 e. The molecule has 0 saturated heterocycles. The highest BCUT2D eigenvalue weighted by Gasteiger charge is 2.09. The first-order valence-electron chi connectivity index (χ1n) is 6.33. The zero-order valence-electron chi connectivity index (χ0n) is 11.2. The van der Waals surface area contributed by atoms with E-state index in [4.69, 9.17) is 5.73 Å². The Bertz CT molecular complexity index is 723. The summed E-state index contributed by atoms with van der Waals surface area (Å²) in [5.74, 6) is 1.01. The van der Waals surface area contributed by atoms with Crippen molar-refractivity contribution >= 4 is 11.0 Å². The Labute approximate surface area is 111 Å². The van der Waals surface area contributed by atoms with Crippen LogP contribution in [0.4, 0.5) is 0 Å². The molecular formula is C14H17N5. The highest BCUT2D eigenvalue weighted by atomic mass is 15.1. The standard InChI is InChI=1S/C14H17N5/c1-18-9-17-11-7-10(3-4-12(11)18)13-8-16-14(5-6-15)19(13)2/h3-4,7-9H,5-6,15H2,1-2H3. The van der Waals surface area contributed by atoms with Crippen molar-refractivity contribution in [3.05, 3.63) is 36.5 Å². The van der Waals surface area contributed by atoms with Crippen LogP contribution in [0.2, 0.25) is 0 Å². The molecule has 0 unspecified atom stereocenters. The molecule has 2 N–H and O–H groups in total. The normalized spacial score (nSPS) is 11.3. The zero-order chi connectivity index (χ0) is 13.4. The van der Waals surface area contributed by atoms with E-state index in [1.54, 1.807) is 0 Å². The summed E-state index contributed by atoms with van der Waals surface area (Å²) in [4.78, 5) is 8.81. The van der Waals surface area contributed by atoms with Gasteiger partial charge < -0.3 is 14.9 Å².